The molecule has 5 rings (SSSR count). The Morgan fingerprint density at radius 3 is 2.53 bits per heavy atom. The average molecular weight is 409 g/mol. The smallest absolute Gasteiger partial charge is 0.340 e. The second kappa shape index (κ2) is 6.55. The molecule has 0 spiro atoms. The summed E-state index contributed by atoms with van der Waals surface area (Å²) in [7, 11) is 0. The van der Waals surface area contributed by atoms with Gasteiger partial charge in [-0.3, -0.25) is 4.57 Å². The lowest BCUT2D eigenvalue weighted by Gasteiger charge is -2.12. The molecular weight excluding hydrogens is 395 g/mol. The minimum absolute atomic E-state index is 0.100. The standard InChI is InChI=1S/C20H14F3N7/c1-12-26-15-9-13(7-8-16(15)29(12)14-5-3-2-4-6-14)27-18-10-17(20(21,22)23)28-19-24-11-25-30(18)19/h2-11,27H,1H3. The number of anilines is 2. The zero-order valence-electron chi connectivity index (χ0n) is 15.6. The number of imidazole rings is 1. The first-order chi connectivity index (χ1) is 14.4. The molecule has 3 heterocycles. The van der Waals surface area contributed by atoms with Crippen molar-refractivity contribution in [2.75, 3.05) is 5.32 Å². The molecule has 3 aromatic heterocycles. The molecule has 1 N–H and O–H groups in total. The van der Waals surface area contributed by atoms with Gasteiger partial charge in [0.1, 0.15) is 18.0 Å². The van der Waals surface area contributed by atoms with Crippen LogP contribution >= 0.6 is 0 Å². The van der Waals surface area contributed by atoms with E-state index < -0.39 is 11.9 Å². The van der Waals surface area contributed by atoms with E-state index >= 15 is 0 Å². The molecule has 10 heteroatoms. The maximum atomic E-state index is 13.2. The summed E-state index contributed by atoms with van der Waals surface area (Å²) in [6, 6.07) is 16.1. The summed E-state index contributed by atoms with van der Waals surface area (Å²) in [6.45, 7) is 1.90. The second-order valence-corrected chi connectivity index (χ2v) is 6.65. The van der Waals surface area contributed by atoms with Gasteiger partial charge in [0.15, 0.2) is 5.69 Å². The van der Waals surface area contributed by atoms with Gasteiger partial charge in [-0.1, -0.05) is 18.2 Å². The fourth-order valence-corrected chi connectivity index (χ4v) is 3.38. The number of rotatable bonds is 3. The van der Waals surface area contributed by atoms with E-state index in [9.17, 15) is 13.2 Å². The lowest BCUT2D eigenvalue weighted by Crippen LogP contribution is -2.12. The van der Waals surface area contributed by atoms with Gasteiger partial charge < -0.3 is 5.32 Å². The van der Waals surface area contributed by atoms with Crippen molar-refractivity contribution >= 4 is 28.3 Å². The van der Waals surface area contributed by atoms with Gasteiger partial charge in [0.2, 0.25) is 0 Å². The van der Waals surface area contributed by atoms with E-state index in [1.165, 1.54) is 4.52 Å². The fourth-order valence-electron chi connectivity index (χ4n) is 3.38. The Hall–Kier alpha value is -3.95. The SMILES string of the molecule is Cc1nc2cc(Nc3cc(C(F)(F)F)nc4ncnn34)ccc2n1-c1ccccc1. The molecule has 0 aliphatic carbocycles. The molecule has 2 aromatic carbocycles. The third kappa shape index (κ3) is 3.02. The number of para-hydroxylation sites is 1. The number of nitrogens with zero attached hydrogens (tertiary/aromatic N) is 6. The molecule has 0 saturated heterocycles. The molecule has 0 saturated carbocycles. The predicted octanol–water partition coefficient (Wildman–Crippen LogP) is 4.53. The first kappa shape index (κ1) is 18.1. The highest BCUT2D eigenvalue weighted by atomic mass is 19.4. The Morgan fingerprint density at radius 2 is 1.77 bits per heavy atom. The Morgan fingerprint density at radius 1 is 0.967 bits per heavy atom. The summed E-state index contributed by atoms with van der Waals surface area (Å²) < 4.78 is 42.8. The molecule has 0 atom stereocenters. The van der Waals surface area contributed by atoms with Crippen LogP contribution in [0.5, 0.6) is 0 Å². The van der Waals surface area contributed by atoms with Crippen LogP contribution in [0, 0.1) is 6.92 Å². The Balaban J connectivity index is 1.58. The van der Waals surface area contributed by atoms with Crippen molar-refractivity contribution in [1.82, 2.24) is 29.1 Å². The molecule has 0 bridgehead atoms. The van der Waals surface area contributed by atoms with E-state index in [2.05, 4.69) is 25.4 Å². The predicted molar refractivity (Wildman–Crippen MR) is 105 cm³/mol. The van der Waals surface area contributed by atoms with Crippen molar-refractivity contribution in [1.29, 1.82) is 0 Å². The van der Waals surface area contributed by atoms with Crippen LogP contribution in [0.4, 0.5) is 24.7 Å². The van der Waals surface area contributed by atoms with Crippen LogP contribution in [0.15, 0.2) is 60.9 Å². The van der Waals surface area contributed by atoms with Crippen molar-refractivity contribution in [2.24, 2.45) is 0 Å². The zero-order valence-corrected chi connectivity index (χ0v) is 15.6. The quantitative estimate of drug-likeness (QED) is 0.474. The van der Waals surface area contributed by atoms with Crippen molar-refractivity contribution in [3.63, 3.8) is 0 Å². The number of halogens is 3. The summed E-state index contributed by atoms with van der Waals surface area (Å²) >= 11 is 0. The van der Waals surface area contributed by atoms with Gasteiger partial charge in [-0.15, -0.1) is 0 Å². The first-order valence-corrected chi connectivity index (χ1v) is 9.00. The monoisotopic (exact) mass is 409 g/mol. The minimum atomic E-state index is -4.60. The van der Waals surface area contributed by atoms with Crippen molar-refractivity contribution in [3.05, 3.63) is 72.4 Å². The molecule has 0 aliphatic rings. The topological polar surface area (TPSA) is 72.9 Å². The molecule has 5 aromatic rings. The molecule has 0 unspecified atom stereocenters. The maximum Gasteiger partial charge on any atom is 0.433 e. The normalized spacial score (nSPS) is 12.0. The molecule has 150 valence electrons. The number of aryl methyl sites for hydroxylation is 1. The summed E-state index contributed by atoms with van der Waals surface area (Å²) in [4.78, 5) is 11.9. The van der Waals surface area contributed by atoms with Crippen molar-refractivity contribution in [3.8, 4) is 5.69 Å². The molecule has 0 radical (unpaired) electrons. The van der Waals surface area contributed by atoms with Crippen LogP contribution in [0.25, 0.3) is 22.5 Å². The number of alkyl halides is 3. The van der Waals surface area contributed by atoms with Crippen molar-refractivity contribution < 1.29 is 13.2 Å². The van der Waals surface area contributed by atoms with E-state index in [1.54, 1.807) is 12.1 Å². The van der Waals surface area contributed by atoms with Crippen LogP contribution in [0.3, 0.4) is 0 Å². The molecule has 7 nitrogen and oxygen atoms in total. The van der Waals surface area contributed by atoms with E-state index in [4.69, 9.17) is 0 Å². The van der Waals surface area contributed by atoms with Crippen LogP contribution in [0.1, 0.15) is 11.5 Å². The van der Waals surface area contributed by atoms with Gasteiger partial charge >= 0.3 is 6.18 Å². The number of benzene rings is 2. The van der Waals surface area contributed by atoms with Gasteiger partial charge in [0.25, 0.3) is 5.78 Å². The molecule has 0 amide bonds. The third-order valence-electron chi connectivity index (χ3n) is 4.65. The van der Waals surface area contributed by atoms with Gasteiger partial charge in [0.05, 0.1) is 11.0 Å². The largest absolute Gasteiger partial charge is 0.433 e. The van der Waals surface area contributed by atoms with E-state index in [0.29, 0.717) is 11.2 Å². The second-order valence-electron chi connectivity index (χ2n) is 6.65. The summed E-state index contributed by atoms with van der Waals surface area (Å²) in [5.74, 6) is 0.760. The molecule has 0 fully saturated rings. The Kier molecular flexibility index (Phi) is 3.95. The lowest BCUT2D eigenvalue weighted by atomic mass is 10.2. The van der Waals surface area contributed by atoms with E-state index in [-0.39, 0.29) is 11.6 Å². The highest BCUT2D eigenvalue weighted by Gasteiger charge is 2.34. The Bertz CT molecular complexity index is 1370. The highest BCUT2D eigenvalue weighted by Crippen LogP contribution is 2.31. The lowest BCUT2D eigenvalue weighted by molar-refractivity contribution is -0.141. The number of hydrogen-bond acceptors (Lipinski definition) is 5. The number of hydrogen-bond donors (Lipinski definition) is 1. The number of aromatic nitrogens is 6. The van der Waals surface area contributed by atoms with Crippen LogP contribution in [0.2, 0.25) is 0 Å². The van der Waals surface area contributed by atoms with E-state index in [1.807, 2.05) is 47.9 Å². The maximum absolute atomic E-state index is 13.2. The van der Waals surface area contributed by atoms with Crippen LogP contribution in [-0.4, -0.2) is 29.1 Å². The molecule has 30 heavy (non-hydrogen) atoms. The third-order valence-corrected chi connectivity index (χ3v) is 4.65. The zero-order chi connectivity index (χ0) is 20.9. The average Bonchev–Trinajstić information content (AvgIpc) is 3.31. The van der Waals surface area contributed by atoms with Crippen molar-refractivity contribution in [2.45, 2.75) is 13.1 Å². The highest BCUT2D eigenvalue weighted by molar-refractivity contribution is 5.83. The van der Waals surface area contributed by atoms with Gasteiger partial charge in [-0.05, 0) is 37.3 Å². The minimum Gasteiger partial charge on any atom is -0.340 e. The fraction of sp³-hybridized carbons (Fsp3) is 0.100. The Labute approximate surface area is 167 Å². The van der Waals surface area contributed by atoms with Crippen LogP contribution in [-0.2, 0) is 6.18 Å². The summed E-state index contributed by atoms with van der Waals surface area (Å²) in [6.07, 6.45) is -3.44. The molecular formula is C20H14F3N7. The van der Waals surface area contributed by atoms with Gasteiger partial charge in [-0.25, -0.2) is 9.97 Å². The van der Waals surface area contributed by atoms with Gasteiger partial charge in [0, 0.05) is 17.4 Å². The molecule has 0 aliphatic heterocycles. The number of nitrogens with one attached hydrogen (secondary N) is 1. The van der Waals surface area contributed by atoms with Crippen LogP contribution < -0.4 is 5.32 Å². The number of fused-ring (bicyclic) bond motifs is 2. The van der Waals surface area contributed by atoms with Gasteiger partial charge in [-0.2, -0.15) is 27.8 Å². The first-order valence-electron chi connectivity index (χ1n) is 9.00. The summed E-state index contributed by atoms with van der Waals surface area (Å²) in [5, 5.41) is 6.93. The summed E-state index contributed by atoms with van der Waals surface area (Å²) in [5.41, 5.74) is 2.10. The van der Waals surface area contributed by atoms with E-state index in [0.717, 1.165) is 29.4 Å².